The van der Waals surface area contributed by atoms with Crippen LogP contribution in [0.25, 0.3) is 11.8 Å². The first-order chi connectivity index (χ1) is 15.8. The van der Waals surface area contributed by atoms with Gasteiger partial charge in [-0.25, -0.2) is 9.38 Å². The summed E-state index contributed by atoms with van der Waals surface area (Å²) in [7, 11) is 0. The normalized spacial score (nSPS) is 16.2. The van der Waals surface area contributed by atoms with Crippen molar-refractivity contribution >= 4 is 40.3 Å². The van der Waals surface area contributed by atoms with Gasteiger partial charge in [0.2, 0.25) is 0 Å². The molecule has 1 aliphatic rings. The number of non-ortho nitro benzene ring substituents is 1. The molecule has 1 saturated heterocycles. The number of hydrogen-bond acceptors (Lipinski definition) is 5. The Morgan fingerprint density at radius 2 is 1.79 bits per heavy atom. The van der Waals surface area contributed by atoms with Crippen LogP contribution in [0.3, 0.4) is 0 Å². The zero-order valence-corrected chi connectivity index (χ0v) is 19.1. The summed E-state index contributed by atoms with van der Waals surface area (Å²) in [5.41, 5.74) is 4.14. The summed E-state index contributed by atoms with van der Waals surface area (Å²) in [6.45, 7) is 6.23. The van der Waals surface area contributed by atoms with E-state index >= 15 is 0 Å². The zero-order valence-electron chi connectivity index (χ0n) is 18.3. The lowest BCUT2D eigenvalue weighted by atomic mass is 10.2. The number of benzene rings is 2. The molecule has 2 heterocycles. The second-order valence-corrected chi connectivity index (χ2v) is 8.48. The number of hydrogen-bond donors (Lipinski definition) is 0. The van der Waals surface area contributed by atoms with Crippen molar-refractivity contribution < 1.29 is 14.1 Å². The van der Waals surface area contributed by atoms with E-state index in [0.717, 1.165) is 22.6 Å². The first-order valence-corrected chi connectivity index (χ1v) is 11.1. The van der Waals surface area contributed by atoms with Gasteiger partial charge in [0.25, 0.3) is 11.6 Å². The molecule has 7 nitrogen and oxygen atoms in total. The summed E-state index contributed by atoms with van der Waals surface area (Å²) in [5.74, 6) is -0.478. The van der Waals surface area contributed by atoms with Crippen LogP contribution in [-0.2, 0) is 4.79 Å². The second kappa shape index (κ2) is 9.03. The van der Waals surface area contributed by atoms with Gasteiger partial charge in [-0.3, -0.25) is 19.8 Å². The van der Waals surface area contributed by atoms with E-state index in [9.17, 15) is 19.3 Å². The fourth-order valence-corrected chi connectivity index (χ4v) is 4.75. The van der Waals surface area contributed by atoms with Crippen molar-refractivity contribution in [2.45, 2.75) is 20.8 Å². The first-order valence-electron chi connectivity index (χ1n) is 10.3. The van der Waals surface area contributed by atoms with Crippen molar-refractivity contribution in [3.8, 4) is 5.69 Å². The summed E-state index contributed by atoms with van der Waals surface area (Å²) >= 11 is 1.28. The summed E-state index contributed by atoms with van der Waals surface area (Å²) in [6.07, 6.45) is 1.84. The molecule has 0 unspecified atom stereocenters. The molecule has 4 rings (SSSR count). The van der Waals surface area contributed by atoms with Crippen molar-refractivity contribution in [1.82, 2.24) is 9.47 Å². The van der Waals surface area contributed by atoms with E-state index < -0.39 is 4.92 Å². The lowest BCUT2D eigenvalue weighted by Gasteiger charge is -2.11. The molecule has 0 radical (unpaired) electrons. The molecule has 1 aliphatic heterocycles. The molecular formula is C24H21FN4O3S. The minimum atomic E-state index is -0.428. The van der Waals surface area contributed by atoms with Gasteiger partial charge in [0.05, 0.1) is 15.5 Å². The van der Waals surface area contributed by atoms with Gasteiger partial charge in [-0.15, -0.1) is 0 Å². The summed E-state index contributed by atoms with van der Waals surface area (Å²) in [5, 5.41) is 11.5. The number of aromatic nitrogens is 1. The number of carbonyl (C=O) groups is 1. The number of aryl methyl sites for hydroxylation is 1. The van der Waals surface area contributed by atoms with Gasteiger partial charge >= 0.3 is 0 Å². The third-order valence-electron chi connectivity index (χ3n) is 5.33. The summed E-state index contributed by atoms with van der Waals surface area (Å²) in [6, 6.07) is 14.1. The lowest BCUT2D eigenvalue weighted by Crippen LogP contribution is -2.28. The molecule has 1 fully saturated rings. The molecule has 0 atom stereocenters. The van der Waals surface area contributed by atoms with Gasteiger partial charge in [0.1, 0.15) is 5.82 Å². The van der Waals surface area contributed by atoms with Gasteiger partial charge in [-0.05, 0) is 86.6 Å². The van der Waals surface area contributed by atoms with E-state index in [1.807, 2.05) is 37.5 Å². The Bertz CT molecular complexity index is 1290. The predicted molar refractivity (Wildman–Crippen MR) is 128 cm³/mol. The summed E-state index contributed by atoms with van der Waals surface area (Å²) in [4.78, 5) is 30.2. The van der Waals surface area contributed by atoms with Crippen LogP contribution in [0.5, 0.6) is 0 Å². The Balaban J connectivity index is 1.67. The van der Waals surface area contributed by atoms with E-state index in [-0.39, 0.29) is 17.4 Å². The van der Waals surface area contributed by atoms with Crippen molar-refractivity contribution in [2.75, 3.05) is 6.54 Å². The second-order valence-electron chi connectivity index (χ2n) is 7.47. The number of halogens is 1. The standard InChI is InChI=1S/C24H21FN4O3S/c1-4-27-23(30)22(33-24(27)26-19-7-5-18(25)6-8-19)14-17-13-15(2)28(16(17)3)20-9-11-21(12-10-20)29(31)32/h5-14H,4H2,1-3H3/b22-14-,26-24?. The molecule has 3 aromatic rings. The molecule has 0 N–H and O–H groups in total. The Hall–Kier alpha value is -3.72. The lowest BCUT2D eigenvalue weighted by molar-refractivity contribution is -0.384. The van der Waals surface area contributed by atoms with Gasteiger partial charge < -0.3 is 4.57 Å². The van der Waals surface area contributed by atoms with Gasteiger partial charge in [0, 0.05) is 35.8 Å². The molecule has 168 valence electrons. The molecule has 33 heavy (non-hydrogen) atoms. The Labute approximate surface area is 194 Å². The van der Waals surface area contributed by atoms with Crippen LogP contribution in [0.1, 0.15) is 23.9 Å². The fourth-order valence-electron chi connectivity index (χ4n) is 3.69. The number of nitrogens with zero attached hydrogens (tertiary/aromatic N) is 4. The minimum Gasteiger partial charge on any atom is -0.318 e. The van der Waals surface area contributed by atoms with E-state index in [0.29, 0.717) is 22.3 Å². The fraction of sp³-hybridized carbons (Fsp3) is 0.167. The van der Waals surface area contributed by atoms with Crippen LogP contribution in [0.4, 0.5) is 15.8 Å². The molecule has 1 amide bonds. The van der Waals surface area contributed by atoms with Gasteiger partial charge in [-0.1, -0.05) is 0 Å². The number of nitro benzene ring substituents is 1. The molecule has 0 bridgehead atoms. The van der Waals surface area contributed by atoms with Crippen molar-refractivity contribution in [3.63, 3.8) is 0 Å². The van der Waals surface area contributed by atoms with Gasteiger partial charge in [0.15, 0.2) is 5.17 Å². The van der Waals surface area contributed by atoms with E-state index in [1.54, 1.807) is 29.2 Å². The molecule has 2 aromatic carbocycles. The van der Waals surface area contributed by atoms with Crippen LogP contribution in [-0.4, -0.2) is 32.0 Å². The third-order valence-corrected chi connectivity index (χ3v) is 6.34. The Kier molecular flexibility index (Phi) is 6.15. The number of carbonyl (C=O) groups excluding carboxylic acids is 1. The van der Waals surface area contributed by atoms with Crippen molar-refractivity contribution in [1.29, 1.82) is 0 Å². The highest BCUT2D eigenvalue weighted by atomic mass is 32.2. The number of rotatable bonds is 5. The zero-order chi connectivity index (χ0) is 23.7. The van der Waals surface area contributed by atoms with Crippen LogP contribution in [0, 0.1) is 29.8 Å². The third kappa shape index (κ3) is 4.45. The molecule has 0 spiro atoms. The summed E-state index contributed by atoms with van der Waals surface area (Å²) < 4.78 is 15.2. The number of likely N-dealkylation sites (N-methyl/N-ethyl adjacent to an activating group) is 1. The average molecular weight is 465 g/mol. The molecule has 0 aliphatic carbocycles. The maximum Gasteiger partial charge on any atom is 0.269 e. The smallest absolute Gasteiger partial charge is 0.269 e. The maximum atomic E-state index is 13.2. The number of amides is 1. The number of amidine groups is 1. The largest absolute Gasteiger partial charge is 0.318 e. The minimum absolute atomic E-state index is 0.0316. The highest BCUT2D eigenvalue weighted by Gasteiger charge is 2.32. The van der Waals surface area contributed by atoms with Crippen LogP contribution < -0.4 is 0 Å². The topological polar surface area (TPSA) is 80.7 Å². The van der Waals surface area contributed by atoms with Crippen molar-refractivity contribution in [2.24, 2.45) is 4.99 Å². The van der Waals surface area contributed by atoms with Gasteiger partial charge in [-0.2, -0.15) is 0 Å². The van der Waals surface area contributed by atoms with E-state index in [4.69, 9.17) is 0 Å². The van der Waals surface area contributed by atoms with E-state index in [2.05, 4.69) is 4.99 Å². The van der Waals surface area contributed by atoms with E-state index in [1.165, 1.54) is 36.0 Å². The monoisotopic (exact) mass is 464 g/mol. The number of thioether (sulfide) groups is 1. The first kappa shape index (κ1) is 22.5. The number of nitro groups is 1. The SMILES string of the molecule is CCN1C(=O)/C(=C/c2cc(C)n(-c3ccc([N+](=O)[O-])cc3)c2C)SC1=Nc1ccc(F)cc1. The van der Waals surface area contributed by atoms with Crippen LogP contribution in [0.2, 0.25) is 0 Å². The molecular weight excluding hydrogens is 443 g/mol. The predicted octanol–water partition coefficient (Wildman–Crippen LogP) is 5.77. The Morgan fingerprint density at radius 1 is 1.12 bits per heavy atom. The molecule has 0 saturated carbocycles. The Morgan fingerprint density at radius 3 is 2.39 bits per heavy atom. The highest BCUT2D eigenvalue weighted by molar-refractivity contribution is 8.18. The number of aliphatic imine (C=N–C) groups is 1. The molecule has 1 aromatic heterocycles. The quantitative estimate of drug-likeness (QED) is 0.273. The maximum absolute atomic E-state index is 13.2. The average Bonchev–Trinajstić information content (AvgIpc) is 3.24. The molecule has 9 heteroatoms. The van der Waals surface area contributed by atoms with Crippen LogP contribution in [0.15, 0.2) is 64.5 Å². The highest BCUT2D eigenvalue weighted by Crippen LogP contribution is 2.35. The van der Waals surface area contributed by atoms with Crippen molar-refractivity contribution in [3.05, 3.63) is 92.4 Å². The van der Waals surface area contributed by atoms with Crippen LogP contribution >= 0.6 is 11.8 Å².